The first-order valence-corrected chi connectivity index (χ1v) is 9.67. The quantitative estimate of drug-likeness (QED) is 0.512. The van der Waals surface area contributed by atoms with E-state index in [0.717, 1.165) is 5.56 Å². The molecular weight excluding hydrogens is 386 g/mol. The highest BCUT2D eigenvalue weighted by Gasteiger charge is 2.74. The van der Waals surface area contributed by atoms with Crippen molar-refractivity contribution in [3.63, 3.8) is 0 Å². The first-order valence-electron chi connectivity index (χ1n) is 9.67. The fourth-order valence-electron chi connectivity index (χ4n) is 4.75. The number of aromatic nitrogens is 6. The number of Topliss-reactive ketones (excluding diaryl/α,β-unsaturated/α-hetero) is 1. The van der Waals surface area contributed by atoms with Gasteiger partial charge < -0.3 is 20.1 Å². The van der Waals surface area contributed by atoms with Crippen LogP contribution in [0, 0.1) is 23.2 Å². The number of nitrogens with zero attached hydrogens (tertiary/aromatic N) is 6. The molecule has 3 heterocycles. The van der Waals surface area contributed by atoms with Crippen LogP contribution in [0.15, 0.2) is 18.7 Å². The number of aliphatic hydroxyl groups excluding tert-OH is 2. The first kappa shape index (κ1) is 18.7. The van der Waals surface area contributed by atoms with Crippen LogP contribution in [0.4, 0.5) is 5.82 Å². The fraction of sp³-hybridized carbons (Fsp3) is 0.450. The molecule has 2 fully saturated rings. The van der Waals surface area contributed by atoms with Crippen LogP contribution in [0.3, 0.4) is 0 Å². The number of aryl methyl sites for hydroxylation is 1. The molecular formula is C20H21N7O3. The summed E-state index contributed by atoms with van der Waals surface area (Å²) in [5.41, 5.74) is 0.890. The first-order chi connectivity index (χ1) is 14.4. The number of ketones is 1. The van der Waals surface area contributed by atoms with Gasteiger partial charge in [-0.15, -0.1) is 0 Å². The lowest BCUT2D eigenvalue weighted by Crippen LogP contribution is -2.36. The molecule has 30 heavy (non-hydrogen) atoms. The maximum absolute atomic E-state index is 12.2. The van der Waals surface area contributed by atoms with E-state index < -0.39 is 23.7 Å². The summed E-state index contributed by atoms with van der Waals surface area (Å²) in [6, 6.07) is -0.493. The van der Waals surface area contributed by atoms with Crippen LogP contribution >= 0.6 is 0 Å². The van der Waals surface area contributed by atoms with E-state index in [2.05, 4.69) is 37.2 Å². The van der Waals surface area contributed by atoms with Gasteiger partial charge in [0.1, 0.15) is 11.9 Å². The lowest BCUT2D eigenvalue weighted by Gasteiger charge is -2.23. The van der Waals surface area contributed by atoms with Crippen LogP contribution in [-0.2, 0) is 11.8 Å². The predicted molar refractivity (Wildman–Crippen MR) is 106 cm³/mol. The van der Waals surface area contributed by atoms with Crippen molar-refractivity contribution in [1.82, 2.24) is 29.3 Å². The second-order valence-electron chi connectivity index (χ2n) is 7.96. The number of anilines is 1. The third-order valence-corrected chi connectivity index (χ3v) is 6.33. The zero-order valence-corrected chi connectivity index (χ0v) is 16.7. The maximum atomic E-state index is 12.2. The van der Waals surface area contributed by atoms with Gasteiger partial charge in [-0.3, -0.25) is 9.48 Å². The normalized spacial score (nSPS) is 29.4. The standard InChI is InChI=1S/C20H21N7O3/c1-10(28)20-6-12(20)15(16(29)17(20)30)27-9-22-14-18(21-2)24-13(25-19(14)27)5-4-11-7-23-26(3)8-11/h7-9,12,15-17,29-30H,6H2,1-3H3,(H,21,24,25)/t12?,15-,16+,17?,20-/m1/s1. The maximum Gasteiger partial charge on any atom is 0.209 e. The summed E-state index contributed by atoms with van der Waals surface area (Å²) in [6.45, 7) is 1.47. The van der Waals surface area contributed by atoms with Crippen LogP contribution < -0.4 is 5.32 Å². The van der Waals surface area contributed by atoms with E-state index in [4.69, 9.17) is 0 Å². The molecule has 0 radical (unpaired) electrons. The molecule has 3 N–H and O–H groups in total. The number of carbonyl (C=O) groups excluding carboxylic acids is 1. The van der Waals surface area contributed by atoms with Crippen molar-refractivity contribution < 1.29 is 15.0 Å². The molecule has 0 saturated heterocycles. The number of rotatable bonds is 3. The van der Waals surface area contributed by atoms with E-state index in [9.17, 15) is 15.0 Å². The molecule has 2 saturated carbocycles. The number of imidazole rings is 1. The zero-order chi connectivity index (χ0) is 21.2. The predicted octanol–water partition coefficient (Wildman–Crippen LogP) is -0.127. The third-order valence-electron chi connectivity index (χ3n) is 6.33. The lowest BCUT2D eigenvalue weighted by molar-refractivity contribution is -0.128. The lowest BCUT2D eigenvalue weighted by atomic mass is 9.95. The highest BCUT2D eigenvalue weighted by atomic mass is 16.3. The van der Waals surface area contributed by atoms with Gasteiger partial charge >= 0.3 is 0 Å². The van der Waals surface area contributed by atoms with Gasteiger partial charge in [-0.25, -0.2) is 15.0 Å². The number of nitrogens with one attached hydrogen (secondary N) is 1. The summed E-state index contributed by atoms with van der Waals surface area (Å²) in [5.74, 6) is 6.47. The molecule has 0 aliphatic heterocycles. The van der Waals surface area contributed by atoms with Gasteiger partial charge in [-0.1, -0.05) is 5.92 Å². The Morgan fingerprint density at radius 2 is 2.13 bits per heavy atom. The van der Waals surface area contributed by atoms with Gasteiger partial charge in [0, 0.05) is 20.3 Å². The minimum absolute atomic E-state index is 0.0977. The van der Waals surface area contributed by atoms with Crippen molar-refractivity contribution >= 4 is 22.8 Å². The monoisotopic (exact) mass is 407 g/mol. The molecule has 3 aromatic heterocycles. The molecule has 0 amide bonds. The van der Waals surface area contributed by atoms with E-state index in [-0.39, 0.29) is 11.7 Å². The van der Waals surface area contributed by atoms with E-state index in [1.165, 1.54) is 6.92 Å². The van der Waals surface area contributed by atoms with Gasteiger partial charge in [0.15, 0.2) is 17.0 Å². The highest BCUT2D eigenvalue weighted by molar-refractivity contribution is 5.88. The van der Waals surface area contributed by atoms with Crippen molar-refractivity contribution in [2.24, 2.45) is 18.4 Å². The summed E-state index contributed by atoms with van der Waals surface area (Å²) < 4.78 is 3.40. The molecule has 3 aromatic rings. The Labute approximate surface area is 172 Å². The third kappa shape index (κ3) is 2.49. The molecule has 5 rings (SSSR count). The Morgan fingerprint density at radius 3 is 2.77 bits per heavy atom. The summed E-state index contributed by atoms with van der Waals surface area (Å²) in [7, 11) is 3.54. The van der Waals surface area contributed by atoms with Crippen LogP contribution in [0.25, 0.3) is 11.2 Å². The molecule has 154 valence electrons. The summed E-state index contributed by atoms with van der Waals surface area (Å²) >= 11 is 0. The summed E-state index contributed by atoms with van der Waals surface area (Å²) in [6.07, 6.45) is 3.38. The molecule has 5 atom stereocenters. The zero-order valence-electron chi connectivity index (χ0n) is 16.7. The Hall–Kier alpha value is -3.29. The highest BCUT2D eigenvalue weighted by Crippen LogP contribution is 2.68. The molecule has 2 unspecified atom stereocenters. The Kier molecular flexibility index (Phi) is 3.96. The fourth-order valence-corrected chi connectivity index (χ4v) is 4.75. The minimum Gasteiger partial charge on any atom is -0.389 e. The van der Waals surface area contributed by atoms with E-state index in [0.29, 0.717) is 29.2 Å². The van der Waals surface area contributed by atoms with Crippen molar-refractivity contribution in [3.05, 3.63) is 30.1 Å². The number of hydrogen-bond donors (Lipinski definition) is 3. The van der Waals surface area contributed by atoms with Gasteiger partial charge in [0.25, 0.3) is 0 Å². The van der Waals surface area contributed by atoms with Crippen LogP contribution in [-0.4, -0.2) is 64.6 Å². The van der Waals surface area contributed by atoms with Crippen molar-refractivity contribution in [3.8, 4) is 11.8 Å². The van der Waals surface area contributed by atoms with Gasteiger partial charge in [-0.05, 0) is 25.2 Å². The number of carbonyl (C=O) groups is 1. The molecule has 2 aliphatic rings. The number of fused-ring (bicyclic) bond motifs is 2. The molecule has 2 aliphatic carbocycles. The Morgan fingerprint density at radius 1 is 1.33 bits per heavy atom. The number of hydrogen-bond acceptors (Lipinski definition) is 8. The Bertz CT molecular complexity index is 1240. The molecule has 10 heteroatoms. The van der Waals surface area contributed by atoms with Crippen LogP contribution in [0.2, 0.25) is 0 Å². The van der Waals surface area contributed by atoms with Crippen LogP contribution in [0.5, 0.6) is 0 Å². The minimum atomic E-state index is -1.10. The second-order valence-corrected chi connectivity index (χ2v) is 7.96. The van der Waals surface area contributed by atoms with E-state index in [1.807, 2.05) is 7.05 Å². The number of aliphatic hydroxyl groups is 2. The van der Waals surface area contributed by atoms with E-state index in [1.54, 1.807) is 35.0 Å². The average Bonchev–Trinajstić information content (AvgIpc) is 2.98. The molecule has 10 nitrogen and oxygen atoms in total. The topological polar surface area (TPSA) is 131 Å². The molecule has 0 bridgehead atoms. The molecule has 0 spiro atoms. The Balaban J connectivity index is 1.59. The second kappa shape index (κ2) is 6.35. The van der Waals surface area contributed by atoms with Gasteiger partial charge in [0.2, 0.25) is 5.82 Å². The van der Waals surface area contributed by atoms with Crippen molar-refractivity contribution in [1.29, 1.82) is 0 Å². The van der Waals surface area contributed by atoms with E-state index >= 15 is 0 Å². The van der Waals surface area contributed by atoms with Gasteiger partial charge in [-0.2, -0.15) is 5.10 Å². The summed E-state index contributed by atoms with van der Waals surface area (Å²) in [5, 5.41) is 28.4. The molecule has 0 aromatic carbocycles. The largest absolute Gasteiger partial charge is 0.389 e. The summed E-state index contributed by atoms with van der Waals surface area (Å²) in [4.78, 5) is 25.6. The van der Waals surface area contributed by atoms with Crippen LogP contribution in [0.1, 0.15) is 30.8 Å². The smallest absolute Gasteiger partial charge is 0.209 e. The van der Waals surface area contributed by atoms with Crippen molar-refractivity contribution in [2.45, 2.75) is 31.6 Å². The van der Waals surface area contributed by atoms with Crippen molar-refractivity contribution in [2.75, 3.05) is 12.4 Å². The average molecular weight is 407 g/mol. The van der Waals surface area contributed by atoms with Gasteiger partial charge in [0.05, 0.1) is 35.6 Å². The SMILES string of the molecule is CNc1nc(C#Cc2cnn(C)c2)nc2c1ncn2[C@@H]1C2C[C@]2(C(C)=O)C(O)[C@H]1O.